The molecule has 2 N–H and O–H groups in total. The summed E-state index contributed by atoms with van der Waals surface area (Å²) in [7, 11) is 0. The van der Waals surface area contributed by atoms with Gasteiger partial charge in [-0.15, -0.1) is 0 Å². The molecule has 0 saturated heterocycles. The van der Waals surface area contributed by atoms with E-state index in [0.717, 1.165) is 26.9 Å². The highest BCUT2D eigenvalue weighted by atomic mass is 16.2. The molecular formula is C23H24N4O3. The van der Waals surface area contributed by atoms with Gasteiger partial charge in [-0.2, -0.15) is 5.10 Å². The maximum atomic E-state index is 12.5. The Morgan fingerprint density at radius 3 is 2.33 bits per heavy atom. The molecule has 154 valence electrons. The van der Waals surface area contributed by atoms with Gasteiger partial charge in [0, 0.05) is 17.4 Å². The van der Waals surface area contributed by atoms with Crippen LogP contribution in [-0.2, 0) is 11.3 Å². The largest absolute Gasteiger partial charge is 0.324 e. The molecule has 0 atom stereocenters. The molecule has 0 aliphatic heterocycles. The first-order chi connectivity index (χ1) is 14.2. The summed E-state index contributed by atoms with van der Waals surface area (Å²) in [6, 6.07) is 13.8. The molecular weight excluding hydrogens is 380 g/mol. The molecule has 3 rings (SSSR count). The van der Waals surface area contributed by atoms with Gasteiger partial charge in [0.1, 0.15) is 12.2 Å². The second-order valence-corrected chi connectivity index (χ2v) is 7.33. The fraction of sp³-hybridized carbons (Fsp3) is 0.217. The zero-order valence-corrected chi connectivity index (χ0v) is 17.4. The lowest BCUT2D eigenvalue weighted by atomic mass is 10.1. The van der Waals surface area contributed by atoms with E-state index >= 15 is 0 Å². The Hall–Kier alpha value is -3.74. The monoisotopic (exact) mass is 404 g/mol. The average Bonchev–Trinajstić information content (AvgIpc) is 2.68. The second-order valence-electron chi connectivity index (χ2n) is 7.33. The van der Waals surface area contributed by atoms with Crippen LogP contribution in [0.1, 0.15) is 32.7 Å². The predicted molar refractivity (Wildman–Crippen MR) is 117 cm³/mol. The summed E-state index contributed by atoms with van der Waals surface area (Å²) in [6.07, 6.45) is 0. The van der Waals surface area contributed by atoms with Gasteiger partial charge in [-0.25, -0.2) is 4.68 Å². The number of amides is 2. The van der Waals surface area contributed by atoms with Crippen molar-refractivity contribution in [2.45, 2.75) is 34.2 Å². The minimum atomic E-state index is -0.464. The lowest BCUT2D eigenvalue weighted by molar-refractivity contribution is -0.117. The first-order valence-electron chi connectivity index (χ1n) is 9.57. The number of anilines is 2. The smallest absolute Gasteiger partial charge is 0.276 e. The Labute approximate surface area is 174 Å². The van der Waals surface area contributed by atoms with E-state index in [1.165, 1.54) is 12.1 Å². The van der Waals surface area contributed by atoms with Gasteiger partial charge in [0.25, 0.3) is 11.5 Å². The van der Waals surface area contributed by atoms with Gasteiger partial charge in [0.15, 0.2) is 0 Å². The second kappa shape index (κ2) is 8.73. The minimum absolute atomic E-state index is 0.0483. The van der Waals surface area contributed by atoms with Crippen LogP contribution in [0.4, 0.5) is 11.4 Å². The number of aromatic nitrogens is 2. The maximum absolute atomic E-state index is 12.5. The quantitative estimate of drug-likeness (QED) is 0.682. The molecule has 1 heterocycles. The van der Waals surface area contributed by atoms with Gasteiger partial charge in [-0.3, -0.25) is 14.4 Å². The molecule has 7 nitrogen and oxygen atoms in total. The summed E-state index contributed by atoms with van der Waals surface area (Å²) in [5.74, 6) is -0.856. The molecule has 1 aromatic heterocycles. The van der Waals surface area contributed by atoms with Gasteiger partial charge in [0.2, 0.25) is 5.91 Å². The van der Waals surface area contributed by atoms with Gasteiger partial charge in [0.05, 0.1) is 0 Å². The standard InChI is InChI=1S/C23H24N4O3/c1-14-5-8-19(17(4)11-14)25-21(28)13-27-22(29)10-9-20(26-27)23(30)24-18-7-6-15(2)16(3)12-18/h5-12H,13H2,1-4H3,(H,24,30)(H,25,28). The van der Waals surface area contributed by atoms with Crippen molar-refractivity contribution in [1.82, 2.24) is 9.78 Å². The molecule has 0 aliphatic rings. The molecule has 0 aliphatic carbocycles. The van der Waals surface area contributed by atoms with Crippen molar-refractivity contribution in [2.75, 3.05) is 10.6 Å². The molecule has 0 bridgehead atoms. The van der Waals surface area contributed by atoms with E-state index in [0.29, 0.717) is 11.4 Å². The summed E-state index contributed by atoms with van der Waals surface area (Å²) in [6.45, 7) is 7.51. The number of hydrogen-bond donors (Lipinski definition) is 2. The third-order valence-corrected chi connectivity index (χ3v) is 4.81. The van der Waals surface area contributed by atoms with Crippen molar-refractivity contribution in [2.24, 2.45) is 0 Å². The third-order valence-electron chi connectivity index (χ3n) is 4.81. The van der Waals surface area contributed by atoms with Crippen molar-refractivity contribution < 1.29 is 9.59 Å². The molecule has 2 aromatic carbocycles. The van der Waals surface area contributed by atoms with E-state index in [4.69, 9.17) is 0 Å². The normalized spacial score (nSPS) is 10.5. The SMILES string of the molecule is Cc1ccc(NC(=O)Cn2nc(C(=O)Nc3ccc(C)c(C)c3)ccc2=O)c(C)c1. The zero-order chi connectivity index (χ0) is 21.8. The van der Waals surface area contributed by atoms with Crippen molar-refractivity contribution in [3.8, 4) is 0 Å². The fourth-order valence-corrected chi connectivity index (χ4v) is 2.98. The molecule has 7 heteroatoms. The summed E-state index contributed by atoms with van der Waals surface area (Å²) in [5, 5.41) is 9.59. The number of hydrogen-bond acceptors (Lipinski definition) is 4. The van der Waals surface area contributed by atoms with E-state index in [1.54, 1.807) is 6.07 Å². The zero-order valence-electron chi connectivity index (χ0n) is 17.4. The molecule has 0 saturated carbocycles. The fourth-order valence-electron chi connectivity index (χ4n) is 2.98. The lowest BCUT2D eigenvalue weighted by Crippen LogP contribution is -2.31. The van der Waals surface area contributed by atoms with Crippen LogP contribution < -0.4 is 16.2 Å². The van der Waals surface area contributed by atoms with Gasteiger partial charge < -0.3 is 10.6 Å². The Bertz CT molecular complexity index is 1180. The van der Waals surface area contributed by atoms with E-state index in [1.807, 2.05) is 58.0 Å². The summed E-state index contributed by atoms with van der Waals surface area (Å²) < 4.78 is 0.980. The number of aryl methyl sites for hydroxylation is 4. The van der Waals surface area contributed by atoms with Gasteiger partial charge in [-0.1, -0.05) is 23.8 Å². The highest BCUT2D eigenvalue weighted by Gasteiger charge is 2.13. The highest BCUT2D eigenvalue weighted by molar-refractivity contribution is 6.02. The molecule has 0 unspecified atom stereocenters. The number of nitrogens with one attached hydrogen (secondary N) is 2. The maximum Gasteiger partial charge on any atom is 0.276 e. The molecule has 2 amide bonds. The number of benzene rings is 2. The Morgan fingerprint density at radius 2 is 1.63 bits per heavy atom. The topological polar surface area (TPSA) is 93.1 Å². The third kappa shape index (κ3) is 5.00. The van der Waals surface area contributed by atoms with Crippen molar-refractivity contribution in [3.05, 3.63) is 86.8 Å². The Kier molecular flexibility index (Phi) is 6.11. The van der Waals surface area contributed by atoms with Crippen LogP contribution in [0.15, 0.2) is 53.3 Å². The summed E-state index contributed by atoms with van der Waals surface area (Å²) in [4.78, 5) is 37.1. The van der Waals surface area contributed by atoms with Crippen LogP contribution in [0, 0.1) is 27.7 Å². The summed E-state index contributed by atoms with van der Waals surface area (Å²) in [5.41, 5.74) is 5.07. The van der Waals surface area contributed by atoms with Crippen LogP contribution in [0.25, 0.3) is 0 Å². The first kappa shape index (κ1) is 21.0. The highest BCUT2D eigenvalue weighted by Crippen LogP contribution is 2.16. The number of carbonyl (C=O) groups excluding carboxylic acids is 2. The Balaban J connectivity index is 1.74. The molecule has 3 aromatic rings. The van der Waals surface area contributed by atoms with Crippen LogP contribution in [0.2, 0.25) is 0 Å². The van der Waals surface area contributed by atoms with Crippen LogP contribution in [0.3, 0.4) is 0 Å². The van der Waals surface area contributed by atoms with Crippen molar-refractivity contribution in [3.63, 3.8) is 0 Å². The van der Waals surface area contributed by atoms with Crippen molar-refractivity contribution in [1.29, 1.82) is 0 Å². The molecule has 30 heavy (non-hydrogen) atoms. The van der Waals surface area contributed by atoms with E-state index in [9.17, 15) is 14.4 Å². The van der Waals surface area contributed by atoms with Crippen LogP contribution in [0.5, 0.6) is 0 Å². The molecule has 0 spiro atoms. The molecule has 0 fully saturated rings. The predicted octanol–water partition coefficient (Wildman–Crippen LogP) is 3.37. The van der Waals surface area contributed by atoms with Gasteiger partial charge in [-0.05, 0) is 68.7 Å². The van der Waals surface area contributed by atoms with Crippen LogP contribution in [-0.4, -0.2) is 21.6 Å². The van der Waals surface area contributed by atoms with Crippen molar-refractivity contribution >= 4 is 23.2 Å². The number of rotatable bonds is 5. The van der Waals surface area contributed by atoms with Gasteiger partial charge >= 0.3 is 0 Å². The number of nitrogens with zero attached hydrogens (tertiary/aromatic N) is 2. The lowest BCUT2D eigenvalue weighted by Gasteiger charge is -2.11. The van der Waals surface area contributed by atoms with Crippen LogP contribution >= 0.6 is 0 Å². The molecule has 0 radical (unpaired) electrons. The minimum Gasteiger partial charge on any atom is -0.324 e. The Morgan fingerprint density at radius 1 is 0.867 bits per heavy atom. The average molecular weight is 404 g/mol. The number of carbonyl (C=O) groups is 2. The summed E-state index contributed by atoms with van der Waals surface area (Å²) >= 11 is 0. The first-order valence-corrected chi connectivity index (χ1v) is 9.57. The van der Waals surface area contributed by atoms with E-state index in [-0.39, 0.29) is 12.2 Å². The van der Waals surface area contributed by atoms with E-state index in [2.05, 4.69) is 15.7 Å². The van der Waals surface area contributed by atoms with E-state index < -0.39 is 17.4 Å².